The molecule has 4 aliphatic rings. The topological polar surface area (TPSA) is 75.6 Å². The Morgan fingerprint density at radius 2 is 1.98 bits per heavy atom. The fourth-order valence-corrected chi connectivity index (χ4v) is 7.92. The van der Waals surface area contributed by atoms with Crippen LogP contribution < -0.4 is 19.7 Å². The Kier molecular flexibility index (Phi) is 6.41. The highest BCUT2D eigenvalue weighted by molar-refractivity contribution is 6.01. The van der Waals surface area contributed by atoms with Gasteiger partial charge in [-0.05, 0) is 43.5 Å². The van der Waals surface area contributed by atoms with E-state index in [1.165, 1.54) is 0 Å². The van der Waals surface area contributed by atoms with E-state index in [1.807, 2.05) is 42.5 Å². The van der Waals surface area contributed by atoms with Gasteiger partial charge in [-0.25, -0.2) is 13.8 Å². The molecular weight excluding hydrogens is 550 g/mol. The zero-order chi connectivity index (χ0) is 29.3. The number of hydrogen-bond acceptors (Lipinski definition) is 8. The van der Waals surface area contributed by atoms with Gasteiger partial charge in [0, 0.05) is 37.2 Å². The molecule has 0 amide bonds. The van der Waals surface area contributed by atoms with Crippen LogP contribution in [0.1, 0.15) is 39.5 Å². The predicted molar refractivity (Wildman–Crippen MR) is 162 cm³/mol. The molecule has 2 aromatic heterocycles. The molecule has 6 heterocycles. The highest BCUT2D eigenvalue weighted by Gasteiger charge is 2.49. The molecule has 4 aliphatic heterocycles. The lowest BCUT2D eigenvalue weighted by Gasteiger charge is -2.44. The molecule has 0 radical (unpaired) electrons. The summed E-state index contributed by atoms with van der Waals surface area (Å²) in [7, 11) is 0. The number of piperazine rings is 1. The monoisotopic (exact) mass is 586 g/mol. The number of pyridine rings is 1. The van der Waals surface area contributed by atoms with E-state index in [0.29, 0.717) is 48.8 Å². The maximum absolute atomic E-state index is 16.8. The van der Waals surface area contributed by atoms with Gasteiger partial charge in [0.15, 0.2) is 5.82 Å². The van der Waals surface area contributed by atoms with Gasteiger partial charge in [0.1, 0.15) is 41.8 Å². The van der Waals surface area contributed by atoms with Crippen LogP contribution in [-0.4, -0.2) is 82.5 Å². The quantitative estimate of drug-likeness (QED) is 0.339. The molecule has 43 heavy (non-hydrogen) atoms. The van der Waals surface area contributed by atoms with Crippen molar-refractivity contribution >= 4 is 27.5 Å². The highest BCUT2D eigenvalue weighted by Crippen LogP contribution is 2.44. The van der Waals surface area contributed by atoms with Crippen LogP contribution in [0.4, 0.5) is 14.6 Å². The summed E-state index contributed by atoms with van der Waals surface area (Å²) in [5, 5.41) is 6.04. The highest BCUT2D eigenvalue weighted by atomic mass is 19.1. The molecule has 3 fully saturated rings. The lowest BCUT2D eigenvalue weighted by Crippen LogP contribution is -2.63. The second-order valence-corrected chi connectivity index (χ2v) is 12.6. The maximum Gasteiger partial charge on any atom is 0.319 e. The van der Waals surface area contributed by atoms with Crippen LogP contribution in [0.25, 0.3) is 32.9 Å². The van der Waals surface area contributed by atoms with Crippen molar-refractivity contribution in [1.82, 2.24) is 25.2 Å². The smallest absolute Gasteiger partial charge is 0.319 e. The molecule has 1 N–H and O–H groups in total. The number of benzene rings is 2. The number of ether oxygens (including phenoxy) is 2. The van der Waals surface area contributed by atoms with E-state index in [2.05, 4.69) is 33.9 Å². The molecule has 5 atom stereocenters. The molecule has 4 aromatic rings. The molecule has 0 aliphatic carbocycles. The number of rotatable bonds is 5. The van der Waals surface area contributed by atoms with Gasteiger partial charge in [-0.1, -0.05) is 49.4 Å². The van der Waals surface area contributed by atoms with Gasteiger partial charge in [-0.2, -0.15) is 9.97 Å². The third-order valence-electron chi connectivity index (χ3n) is 9.92. The zero-order valence-electron chi connectivity index (χ0n) is 24.5. The Bertz CT molecular complexity index is 1720. The normalized spacial score (nSPS) is 28.5. The molecule has 0 saturated carbocycles. The number of nitrogens with zero attached hydrogens (tertiary/aromatic N) is 5. The van der Waals surface area contributed by atoms with Crippen LogP contribution in [0.2, 0.25) is 0 Å². The summed E-state index contributed by atoms with van der Waals surface area (Å²) in [6.07, 6.45) is 2.34. The van der Waals surface area contributed by atoms with Gasteiger partial charge in [0.25, 0.3) is 0 Å². The summed E-state index contributed by atoms with van der Waals surface area (Å²) >= 11 is 0. The molecular formula is C33H36F2N6O2. The van der Waals surface area contributed by atoms with Crippen molar-refractivity contribution in [2.24, 2.45) is 0 Å². The molecule has 0 unspecified atom stereocenters. The van der Waals surface area contributed by atoms with Gasteiger partial charge in [-0.3, -0.25) is 4.90 Å². The van der Waals surface area contributed by atoms with Crippen LogP contribution in [0.15, 0.2) is 42.5 Å². The lowest BCUT2D eigenvalue weighted by molar-refractivity contribution is 0.107. The van der Waals surface area contributed by atoms with Crippen molar-refractivity contribution in [1.29, 1.82) is 0 Å². The van der Waals surface area contributed by atoms with Crippen LogP contribution in [-0.2, 0) is 0 Å². The van der Waals surface area contributed by atoms with Gasteiger partial charge < -0.3 is 19.7 Å². The third kappa shape index (κ3) is 4.32. The first-order valence-corrected chi connectivity index (χ1v) is 15.5. The first-order chi connectivity index (χ1) is 20.9. The lowest BCUT2D eigenvalue weighted by atomic mass is 9.95. The second-order valence-electron chi connectivity index (χ2n) is 12.6. The number of fused-ring (bicyclic) bond motifs is 4. The Morgan fingerprint density at radius 1 is 1.12 bits per heavy atom. The van der Waals surface area contributed by atoms with Crippen LogP contribution in [0.3, 0.4) is 0 Å². The molecule has 8 nitrogen and oxygen atoms in total. The molecule has 0 bridgehead atoms. The van der Waals surface area contributed by atoms with E-state index in [0.717, 1.165) is 36.6 Å². The average molecular weight is 587 g/mol. The van der Waals surface area contributed by atoms with E-state index in [4.69, 9.17) is 19.4 Å². The number of anilines is 1. The van der Waals surface area contributed by atoms with Crippen LogP contribution in [0, 0.1) is 5.82 Å². The van der Waals surface area contributed by atoms with Crippen molar-refractivity contribution in [2.75, 3.05) is 37.7 Å². The van der Waals surface area contributed by atoms with Crippen molar-refractivity contribution in [2.45, 2.75) is 69.4 Å². The molecule has 0 spiro atoms. The summed E-state index contributed by atoms with van der Waals surface area (Å²) in [6, 6.07) is 14.1. The minimum Gasteiger partial charge on any atom is -0.475 e. The molecule has 224 valence electrons. The van der Waals surface area contributed by atoms with Gasteiger partial charge >= 0.3 is 6.01 Å². The average Bonchev–Trinajstić information content (AvgIpc) is 3.49. The summed E-state index contributed by atoms with van der Waals surface area (Å²) in [5.41, 5.74) is 0.613. The number of aromatic nitrogens is 3. The van der Waals surface area contributed by atoms with Crippen molar-refractivity contribution in [3.05, 3.63) is 48.3 Å². The minimum absolute atomic E-state index is 0.0311. The summed E-state index contributed by atoms with van der Waals surface area (Å²) in [6.45, 7) is 6.91. The third-order valence-corrected chi connectivity index (χ3v) is 9.92. The summed E-state index contributed by atoms with van der Waals surface area (Å²) < 4.78 is 44.0. The molecule has 2 aromatic carbocycles. The minimum atomic E-state index is -0.869. The first-order valence-electron chi connectivity index (χ1n) is 15.5. The van der Waals surface area contributed by atoms with Crippen molar-refractivity contribution in [3.63, 3.8) is 0 Å². The van der Waals surface area contributed by atoms with E-state index in [1.54, 1.807) is 0 Å². The Balaban J connectivity index is 1.30. The fourth-order valence-electron chi connectivity index (χ4n) is 7.92. The van der Waals surface area contributed by atoms with E-state index in [9.17, 15) is 4.39 Å². The van der Waals surface area contributed by atoms with Crippen molar-refractivity contribution in [3.8, 4) is 23.1 Å². The van der Waals surface area contributed by atoms with Gasteiger partial charge in [-0.15, -0.1) is 0 Å². The van der Waals surface area contributed by atoms with Gasteiger partial charge in [0.2, 0.25) is 5.88 Å². The molecule has 8 rings (SSSR count). The van der Waals surface area contributed by atoms with Crippen LogP contribution in [0.5, 0.6) is 11.9 Å². The first kappa shape index (κ1) is 27.0. The largest absolute Gasteiger partial charge is 0.475 e. The summed E-state index contributed by atoms with van der Waals surface area (Å²) in [5.74, 6) is 0.372. The number of hydrogen-bond donors (Lipinski definition) is 1. The van der Waals surface area contributed by atoms with Gasteiger partial charge in [0.05, 0.1) is 11.6 Å². The Morgan fingerprint density at radius 3 is 2.86 bits per heavy atom. The number of halogens is 2. The standard InChI is InChI=1S/C33H36F2N6O2/c1-3-24-25-17-42-31-26-29(27(35)28(37-31)23-11-6-9-20-8-4-5-10-22(20)23)38-32(39-30(26)41(25)15-19(2)36-24)43-18-33-12-7-13-40(33)16-21(34)14-33/h4-6,8-11,19,21,24-25,36H,3,7,12-18H2,1-2H3/t19-,21-,24+,25-,33+/m1/s1. The second kappa shape index (κ2) is 10.2. The molecule has 10 heteroatoms. The van der Waals surface area contributed by atoms with E-state index in [-0.39, 0.29) is 47.5 Å². The van der Waals surface area contributed by atoms with E-state index < -0.39 is 12.0 Å². The Labute approximate surface area is 249 Å². The number of nitrogens with one attached hydrogen (secondary N) is 1. The number of alkyl halides is 1. The molecule has 3 saturated heterocycles. The predicted octanol–water partition coefficient (Wildman–Crippen LogP) is 5.28. The van der Waals surface area contributed by atoms with E-state index >= 15 is 4.39 Å². The fraction of sp³-hybridized carbons (Fsp3) is 0.485. The van der Waals surface area contributed by atoms with Crippen molar-refractivity contribution < 1.29 is 18.3 Å². The maximum atomic E-state index is 16.8. The SMILES string of the molecule is CC[C@@H]1N[C@H](C)CN2c3nc(OC[C@@]45CCCN4C[C@H](F)C5)nc4c(F)c(-c5cccc6ccccc56)nc(c34)OC[C@H]12. The summed E-state index contributed by atoms with van der Waals surface area (Å²) in [4.78, 5) is 18.8. The zero-order valence-corrected chi connectivity index (χ0v) is 24.5. The van der Waals surface area contributed by atoms with Crippen LogP contribution >= 0.6 is 0 Å². The Hall–Kier alpha value is -3.63.